The van der Waals surface area contributed by atoms with E-state index in [4.69, 9.17) is 4.74 Å². The van der Waals surface area contributed by atoms with Gasteiger partial charge in [-0.25, -0.2) is 4.79 Å². The van der Waals surface area contributed by atoms with Crippen molar-refractivity contribution in [2.24, 2.45) is 0 Å². The van der Waals surface area contributed by atoms with Crippen molar-refractivity contribution < 1.29 is 40.1 Å². The van der Waals surface area contributed by atoms with E-state index in [1.807, 2.05) is 24.3 Å². The van der Waals surface area contributed by atoms with Crippen LogP contribution in [0.25, 0.3) is 0 Å². The summed E-state index contributed by atoms with van der Waals surface area (Å²) in [5, 5.41) is 3.06. The molecule has 1 heterocycles. The third-order valence-electron chi connectivity index (χ3n) is 6.41. The van der Waals surface area contributed by atoms with E-state index in [2.05, 4.69) is 9.50 Å². The van der Waals surface area contributed by atoms with E-state index in [-0.39, 0.29) is 24.9 Å². The zero-order valence-electron chi connectivity index (χ0n) is 21.2. The van der Waals surface area contributed by atoms with Gasteiger partial charge in [-0.15, -0.1) is 0 Å². The summed E-state index contributed by atoms with van der Waals surface area (Å²) in [4.78, 5) is 27.9. The van der Waals surface area contributed by atoms with Crippen LogP contribution in [0.1, 0.15) is 61.9 Å². The quantitative estimate of drug-likeness (QED) is 0.432. The molecule has 2 amide bonds. The lowest BCUT2D eigenvalue weighted by atomic mass is 9.87. The Morgan fingerprint density at radius 3 is 2.42 bits per heavy atom. The van der Waals surface area contributed by atoms with Crippen LogP contribution in [-0.2, 0) is 39.0 Å². The number of hydrogen-bond acceptors (Lipinski definition) is 6. The number of rotatable bonds is 4. The van der Waals surface area contributed by atoms with Gasteiger partial charge in [0.05, 0.1) is 12.6 Å². The van der Waals surface area contributed by atoms with Gasteiger partial charge in [-0.2, -0.15) is 21.6 Å². The molecule has 0 fully saturated rings. The lowest BCUT2D eigenvalue weighted by Crippen LogP contribution is -2.54. The van der Waals surface area contributed by atoms with E-state index >= 15 is 0 Å². The van der Waals surface area contributed by atoms with E-state index in [0.29, 0.717) is 11.1 Å². The molecule has 0 unspecified atom stereocenters. The molecule has 2 aromatic carbocycles. The van der Waals surface area contributed by atoms with Crippen LogP contribution in [-0.4, -0.2) is 42.5 Å². The van der Waals surface area contributed by atoms with Gasteiger partial charge in [0.15, 0.2) is 0 Å². The molecule has 0 aromatic heterocycles. The van der Waals surface area contributed by atoms with Crippen molar-refractivity contribution in [3.8, 4) is 5.75 Å². The lowest BCUT2D eigenvalue weighted by Gasteiger charge is -2.38. The number of ether oxygens (including phenoxy) is 1. The highest BCUT2D eigenvalue weighted by molar-refractivity contribution is 7.88. The average molecular weight is 555 g/mol. The van der Waals surface area contributed by atoms with Crippen molar-refractivity contribution in [2.45, 2.75) is 76.2 Å². The van der Waals surface area contributed by atoms with Gasteiger partial charge < -0.3 is 14.2 Å². The first kappa shape index (κ1) is 27.7. The van der Waals surface area contributed by atoms with E-state index in [1.54, 1.807) is 20.8 Å². The lowest BCUT2D eigenvalue weighted by molar-refractivity contribution is -0.128. The van der Waals surface area contributed by atoms with Crippen molar-refractivity contribution in [1.29, 1.82) is 0 Å². The highest BCUT2D eigenvalue weighted by Gasteiger charge is 2.48. The van der Waals surface area contributed by atoms with Crippen LogP contribution in [0.4, 0.5) is 18.0 Å². The van der Waals surface area contributed by atoms with Gasteiger partial charge in [0, 0.05) is 6.42 Å². The summed E-state index contributed by atoms with van der Waals surface area (Å²) < 4.78 is 71.0. The molecule has 12 heteroatoms. The van der Waals surface area contributed by atoms with Crippen LogP contribution >= 0.6 is 0 Å². The fourth-order valence-electron chi connectivity index (χ4n) is 4.70. The Morgan fingerprint density at radius 1 is 1.03 bits per heavy atom. The van der Waals surface area contributed by atoms with Crippen LogP contribution in [0, 0.1) is 0 Å². The Labute approximate surface area is 219 Å². The zero-order valence-corrected chi connectivity index (χ0v) is 22.0. The standard InChI is InChI=1S/C26H29F3N2O6S/c1-25(2,3)36-24(33)31-15-18-13-19(37-38(34,35)26(27,28)29)12-11-17(18)14-22(31)23(32)30-21-10-6-8-16-7-4-5-9-20(16)21/h4-5,7,9,11-13,21-22H,6,8,10,14-15H2,1-3H3,(H,30,32)/t21-,22+/m1/s1. The zero-order chi connectivity index (χ0) is 27.9. The van der Waals surface area contributed by atoms with Gasteiger partial charge in [-0.1, -0.05) is 30.3 Å². The average Bonchev–Trinajstić information content (AvgIpc) is 2.81. The number of carbonyl (C=O) groups excluding carboxylic acids is 2. The number of aryl methyl sites for hydroxylation is 1. The molecule has 1 N–H and O–H groups in total. The predicted octanol–water partition coefficient (Wildman–Crippen LogP) is 4.77. The van der Waals surface area contributed by atoms with Crippen LogP contribution < -0.4 is 9.50 Å². The molecule has 0 radical (unpaired) electrons. The highest BCUT2D eigenvalue weighted by Crippen LogP contribution is 2.33. The fraction of sp³-hybridized carbons (Fsp3) is 0.462. The molecule has 0 saturated heterocycles. The minimum absolute atomic E-state index is 0.0566. The summed E-state index contributed by atoms with van der Waals surface area (Å²) >= 11 is 0. The number of alkyl halides is 3. The third-order valence-corrected chi connectivity index (χ3v) is 7.39. The fourth-order valence-corrected chi connectivity index (χ4v) is 5.16. The smallest absolute Gasteiger partial charge is 0.444 e. The molecule has 2 atom stereocenters. The molecule has 38 heavy (non-hydrogen) atoms. The number of amides is 2. The normalized spacial score (nSPS) is 19.7. The van der Waals surface area contributed by atoms with Gasteiger partial charge >= 0.3 is 21.7 Å². The van der Waals surface area contributed by atoms with E-state index in [1.165, 1.54) is 11.0 Å². The minimum atomic E-state index is -5.87. The number of nitrogens with one attached hydrogen (secondary N) is 1. The molecule has 4 rings (SSSR count). The largest absolute Gasteiger partial charge is 0.534 e. The number of nitrogens with zero attached hydrogens (tertiary/aromatic N) is 1. The van der Waals surface area contributed by atoms with Gasteiger partial charge in [0.2, 0.25) is 5.91 Å². The van der Waals surface area contributed by atoms with Crippen molar-refractivity contribution >= 4 is 22.1 Å². The van der Waals surface area contributed by atoms with Gasteiger partial charge in [-0.3, -0.25) is 9.69 Å². The molecule has 1 aliphatic heterocycles. The first-order chi connectivity index (χ1) is 17.6. The molecule has 0 spiro atoms. The van der Waals surface area contributed by atoms with E-state index < -0.39 is 39.1 Å². The molecule has 2 aromatic rings. The minimum Gasteiger partial charge on any atom is -0.444 e. The summed E-state index contributed by atoms with van der Waals surface area (Å²) in [6.45, 7) is 4.83. The second-order valence-electron chi connectivity index (χ2n) is 10.4. The van der Waals surface area contributed by atoms with Crippen LogP contribution in [0.3, 0.4) is 0 Å². The predicted molar refractivity (Wildman–Crippen MR) is 132 cm³/mol. The van der Waals surface area contributed by atoms with Crippen molar-refractivity contribution in [3.05, 3.63) is 64.7 Å². The number of hydrogen-bond donors (Lipinski definition) is 1. The van der Waals surface area contributed by atoms with Crippen molar-refractivity contribution in [1.82, 2.24) is 10.2 Å². The van der Waals surface area contributed by atoms with Crippen LogP contribution in [0.2, 0.25) is 0 Å². The maximum atomic E-state index is 13.5. The monoisotopic (exact) mass is 554 g/mol. The first-order valence-electron chi connectivity index (χ1n) is 12.1. The van der Waals surface area contributed by atoms with Gasteiger partial charge in [-0.05, 0) is 74.4 Å². The second kappa shape index (κ2) is 10.1. The number of benzene rings is 2. The maximum absolute atomic E-state index is 13.5. The topological polar surface area (TPSA) is 102 Å². The first-order valence-corrected chi connectivity index (χ1v) is 13.6. The molecule has 1 aliphatic carbocycles. The molecule has 8 nitrogen and oxygen atoms in total. The number of halogens is 3. The molecule has 0 saturated carbocycles. The number of fused-ring (bicyclic) bond motifs is 2. The highest BCUT2D eigenvalue weighted by atomic mass is 32.2. The van der Waals surface area contributed by atoms with Crippen LogP contribution in [0.5, 0.6) is 5.75 Å². The van der Waals surface area contributed by atoms with Crippen LogP contribution in [0.15, 0.2) is 42.5 Å². The Morgan fingerprint density at radius 2 is 1.74 bits per heavy atom. The van der Waals surface area contributed by atoms with E-state index in [9.17, 15) is 31.2 Å². The summed E-state index contributed by atoms with van der Waals surface area (Å²) in [6.07, 6.45) is 1.84. The summed E-state index contributed by atoms with van der Waals surface area (Å²) in [5.74, 6) is -0.935. The Balaban J connectivity index is 1.61. The van der Waals surface area contributed by atoms with Gasteiger partial charge in [0.1, 0.15) is 17.4 Å². The second-order valence-corrected chi connectivity index (χ2v) is 11.9. The molecular formula is C26H29F3N2O6S. The van der Waals surface area contributed by atoms with E-state index in [0.717, 1.165) is 42.5 Å². The Bertz CT molecular complexity index is 1340. The summed E-state index contributed by atoms with van der Waals surface area (Å²) in [7, 11) is -5.87. The van der Waals surface area contributed by atoms with Crippen molar-refractivity contribution in [3.63, 3.8) is 0 Å². The Kier molecular flexibility index (Phi) is 7.39. The third kappa shape index (κ3) is 6.06. The van der Waals surface area contributed by atoms with Gasteiger partial charge in [0.25, 0.3) is 0 Å². The molecule has 206 valence electrons. The van der Waals surface area contributed by atoms with Crippen molar-refractivity contribution in [2.75, 3.05) is 0 Å². The molecular weight excluding hydrogens is 525 g/mol. The maximum Gasteiger partial charge on any atom is 0.534 e. The number of carbonyl (C=O) groups is 2. The molecule has 0 bridgehead atoms. The Hall–Kier alpha value is -3.28. The molecule has 2 aliphatic rings. The summed E-state index contributed by atoms with van der Waals surface area (Å²) in [5.41, 5.74) is -3.36. The SMILES string of the molecule is CC(C)(C)OC(=O)N1Cc2cc(OS(=O)(=O)C(F)(F)F)ccc2C[C@H]1C(=O)N[C@@H]1CCCc2ccccc21. The summed E-state index contributed by atoms with van der Waals surface area (Å²) in [6, 6.07) is 10.3.